The number of rotatable bonds is 4. The number of benzene rings is 8. The molecule has 0 fully saturated rings. The summed E-state index contributed by atoms with van der Waals surface area (Å²) in [6.45, 7) is 4.70. The van der Waals surface area contributed by atoms with Gasteiger partial charge in [-0.3, -0.25) is 0 Å². The van der Waals surface area contributed by atoms with E-state index in [1.165, 1.54) is 49.4 Å². The SMILES string of the molecule is CC1(C)c2ccccc2-c2ccc(N(c3ccc4ccccc4c3)c3cc(-c4ccccc4)cc4c3oc3ccc5ccccc5c34)cc21. The van der Waals surface area contributed by atoms with E-state index < -0.39 is 0 Å². The van der Waals surface area contributed by atoms with Crippen LogP contribution in [0.3, 0.4) is 0 Å². The zero-order valence-corrected chi connectivity index (χ0v) is 27.4. The van der Waals surface area contributed by atoms with Gasteiger partial charge in [0.15, 0.2) is 5.58 Å². The summed E-state index contributed by atoms with van der Waals surface area (Å²) in [6.07, 6.45) is 0. The molecule has 1 aliphatic carbocycles. The van der Waals surface area contributed by atoms with Crippen LogP contribution in [0.15, 0.2) is 168 Å². The monoisotopic (exact) mass is 627 g/mol. The van der Waals surface area contributed by atoms with Crippen molar-refractivity contribution in [1.29, 1.82) is 0 Å². The van der Waals surface area contributed by atoms with Crippen LogP contribution in [0.5, 0.6) is 0 Å². The van der Waals surface area contributed by atoms with Gasteiger partial charge in [0.25, 0.3) is 0 Å². The Kier molecular flexibility index (Phi) is 5.95. The Bertz CT molecular complexity index is 2750. The van der Waals surface area contributed by atoms with Crippen molar-refractivity contribution in [2.75, 3.05) is 4.90 Å². The molecule has 0 atom stereocenters. The van der Waals surface area contributed by atoms with Gasteiger partial charge in [-0.15, -0.1) is 0 Å². The molecule has 1 aromatic heterocycles. The topological polar surface area (TPSA) is 16.4 Å². The second-order valence-corrected chi connectivity index (χ2v) is 13.8. The van der Waals surface area contributed by atoms with Crippen molar-refractivity contribution >= 4 is 60.5 Å². The van der Waals surface area contributed by atoms with Crippen LogP contribution in [-0.2, 0) is 5.41 Å². The molecule has 49 heavy (non-hydrogen) atoms. The first-order valence-corrected chi connectivity index (χ1v) is 17.0. The third-order valence-corrected chi connectivity index (χ3v) is 10.6. The number of hydrogen-bond donors (Lipinski definition) is 0. The van der Waals surface area contributed by atoms with Crippen LogP contribution in [0.4, 0.5) is 17.1 Å². The summed E-state index contributed by atoms with van der Waals surface area (Å²) in [5.41, 5.74) is 12.5. The molecule has 1 aliphatic rings. The molecule has 1 heterocycles. The molecule has 0 amide bonds. The summed E-state index contributed by atoms with van der Waals surface area (Å²) in [5, 5.41) is 7.08. The van der Waals surface area contributed by atoms with Gasteiger partial charge in [-0.05, 0) is 97.4 Å². The van der Waals surface area contributed by atoms with Gasteiger partial charge in [0.2, 0.25) is 0 Å². The molecule has 0 saturated heterocycles. The van der Waals surface area contributed by atoms with Gasteiger partial charge in [0.05, 0.1) is 5.69 Å². The van der Waals surface area contributed by atoms with Crippen LogP contribution in [0.25, 0.3) is 65.7 Å². The summed E-state index contributed by atoms with van der Waals surface area (Å²) in [5.74, 6) is 0. The molecule has 10 rings (SSSR count). The average Bonchev–Trinajstić information content (AvgIpc) is 3.64. The second kappa shape index (κ2) is 10.4. The van der Waals surface area contributed by atoms with Crippen molar-refractivity contribution in [3.05, 3.63) is 175 Å². The lowest BCUT2D eigenvalue weighted by atomic mass is 9.82. The Labute approximate surface area is 285 Å². The van der Waals surface area contributed by atoms with Gasteiger partial charge in [0.1, 0.15) is 5.58 Å². The van der Waals surface area contributed by atoms with Crippen molar-refractivity contribution < 1.29 is 4.42 Å². The summed E-state index contributed by atoms with van der Waals surface area (Å²) < 4.78 is 6.94. The minimum absolute atomic E-state index is 0.128. The molecule has 0 unspecified atom stereocenters. The summed E-state index contributed by atoms with van der Waals surface area (Å²) in [7, 11) is 0. The molecule has 0 saturated carbocycles. The molecule has 0 aliphatic heterocycles. The van der Waals surface area contributed by atoms with Crippen LogP contribution in [0.1, 0.15) is 25.0 Å². The van der Waals surface area contributed by atoms with E-state index in [0.29, 0.717) is 0 Å². The van der Waals surface area contributed by atoms with Crippen molar-refractivity contribution in [2.45, 2.75) is 19.3 Å². The first-order chi connectivity index (χ1) is 24.0. The minimum Gasteiger partial charge on any atom is -0.454 e. The van der Waals surface area contributed by atoms with Crippen LogP contribution < -0.4 is 4.90 Å². The zero-order valence-electron chi connectivity index (χ0n) is 27.4. The molecule has 2 heteroatoms. The van der Waals surface area contributed by atoms with E-state index in [0.717, 1.165) is 44.6 Å². The lowest BCUT2D eigenvalue weighted by Crippen LogP contribution is -2.16. The molecule has 232 valence electrons. The van der Waals surface area contributed by atoms with Crippen LogP contribution >= 0.6 is 0 Å². The van der Waals surface area contributed by atoms with E-state index in [4.69, 9.17) is 4.42 Å². The first kappa shape index (κ1) is 27.9. The Morgan fingerprint density at radius 2 is 1.14 bits per heavy atom. The fourth-order valence-corrected chi connectivity index (χ4v) is 8.17. The van der Waals surface area contributed by atoms with E-state index in [9.17, 15) is 0 Å². The molecule has 0 radical (unpaired) electrons. The van der Waals surface area contributed by atoms with Gasteiger partial charge in [0, 0.05) is 27.6 Å². The molecular formula is C47H33NO. The van der Waals surface area contributed by atoms with Gasteiger partial charge < -0.3 is 9.32 Å². The van der Waals surface area contributed by atoms with E-state index in [-0.39, 0.29) is 5.41 Å². The molecule has 0 N–H and O–H groups in total. The highest BCUT2D eigenvalue weighted by Gasteiger charge is 2.36. The smallest absolute Gasteiger partial charge is 0.159 e. The number of furan rings is 1. The molecular weight excluding hydrogens is 595 g/mol. The maximum Gasteiger partial charge on any atom is 0.159 e. The number of fused-ring (bicyclic) bond motifs is 9. The molecule has 8 aromatic carbocycles. The number of nitrogens with zero attached hydrogens (tertiary/aromatic N) is 1. The molecule has 0 spiro atoms. The Balaban J connectivity index is 1.31. The fraction of sp³-hybridized carbons (Fsp3) is 0.0638. The van der Waals surface area contributed by atoms with E-state index >= 15 is 0 Å². The first-order valence-electron chi connectivity index (χ1n) is 17.0. The maximum atomic E-state index is 6.94. The van der Waals surface area contributed by atoms with Crippen molar-refractivity contribution in [2.24, 2.45) is 0 Å². The van der Waals surface area contributed by atoms with Gasteiger partial charge in [-0.2, -0.15) is 0 Å². The lowest BCUT2D eigenvalue weighted by molar-refractivity contribution is 0.660. The summed E-state index contributed by atoms with van der Waals surface area (Å²) >= 11 is 0. The highest BCUT2D eigenvalue weighted by Crippen LogP contribution is 2.52. The predicted octanol–water partition coefficient (Wildman–Crippen LogP) is 13.3. The minimum atomic E-state index is -0.128. The average molecular weight is 628 g/mol. The third-order valence-electron chi connectivity index (χ3n) is 10.6. The number of hydrogen-bond acceptors (Lipinski definition) is 2. The Morgan fingerprint density at radius 3 is 2.02 bits per heavy atom. The van der Waals surface area contributed by atoms with Crippen LogP contribution in [0, 0.1) is 0 Å². The number of anilines is 3. The van der Waals surface area contributed by atoms with E-state index in [2.05, 4.69) is 183 Å². The van der Waals surface area contributed by atoms with Crippen molar-refractivity contribution in [3.63, 3.8) is 0 Å². The van der Waals surface area contributed by atoms with Gasteiger partial charge in [-0.25, -0.2) is 0 Å². The van der Waals surface area contributed by atoms with Crippen molar-refractivity contribution in [3.8, 4) is 22.3 Å². The molecule has 0 bridgehead atoms. The fourth-order valence-electron chi connectivity index (χ4n) is 8.17. The Hall–Kier alpha value is -6.12. The standard InChI is InChI=1S/C47H33NO/c1-47(2)41-19-11-10-18-38(41)39-24-23-36(29-42(39)47)48(35-22-20-31-14-6-7-16-33(31)26-35)43-28-34(30-12-4-3-5-13-30)27-40-45-37-17-9-8-15-32(37)21-25-44(45)49-46(40)43/h3-29H,1-2H3. The second-order valence-electron chi connectivity index (χ2n) is 13.8. The third kappa shape index (κ3) is 4.20. The van der Waals surface area contributed by atoms with Gasteiger partial charge >= 0.3 is 0 Å². The van der Waals surface area contributed by atoms with Crippen LogP contribution in [-0.4, -0.2) is 0 Å². The van der Waals surface area contributed by atoms with Gasteiger partial charge in [-0.1, -0.05) is 135 Å². The summed E-state index contributed by atoms with van der Waals surface area (Å²) in [4.78, 5) is 2.41. The highest BCUT2D eigenvalue weighted by molar-refractivity contribution is 6.22. The largest absolute Gasteiger partial charge is 0.454 e. The highest BCUT2D eigenvalue weighted by atomic mass is 16.3. The quantitative estimate of drug-likeness (QED) is 0.193. The van der Waals surface area contributed by atoms with Crippen molar-refractivity contribution in [1.82, 2.24) is 0 Å². The molecule has 2 nitrogen and oxygen atoms in total. The maximum absolute atomic E-state index is 6.94. The predicted molar refractivity (Wildman–Crippen MR) is 206 cm³/mol. The van der Waals surface area contributed by atoms with Crippen LogP contribution in [0.2, 0.25) is 0 Å². The van der Waals surface area contributed by atoms with E-state index in [1.807, 2.05) is 0 Å². The Morgan fingerprint density at radius 1 is 0.469 bits per heavy atom. The summed E-state index contributed by atoms with van der Waals surface area (Å²) in [6, 6.07) is 59.5. The lowest BCUT2D eigenvalue weighted by Gasteiger charge is -2.29. The molecule has 9 aromatic rings. The van der Waals surface area contributed by atoms with E-state index in [1.54, 1.807) is 0 Å². The zero-order chi connectivity index (χ0) is 32.7. The normalized spacial score (nSPS) is 13.3.